The number of nitrogens with zero attached hydrogens (tertiary/aromatic N) is 2. The average Bonchev–Trinajstić information content (AvgIpc) is 2.23. The highest BCUT2D eigenvalue weighted by molar-refractivity contribution is 5.97. The van der Waals surface area contributed by atoms with Crippen molar-refractivity contribution in [2.45, 2.75) is 40.2 Å². The highest BCUT2D eigenvalue weighted by Gasteiger charge is 2.30. The normalized spacial score (nSPS) is 11.2. The summed E-state index contributed by atoms with van der Waals surface area (Å²) >= 11 is 0. The zero-order valence-corrected chi connectivity index (χ0v) is 12.0. The molecule has 5 nitrogen and oxygen atoms in total. The van der Waals surface area contributed by atoms with Crippen LogP contribution in [0.15, 0.2) is 12.1 Å². The maximum atomic E-state index is 12.5. The van der Waals surface area contributed by atoms with Gasteiger partial charge in [-0.25, -0.2) is 0 Å². The van der Waals surface area contributed by atoms with Gasteiger partial charge >= 0.3 is 5.97 Å². The molecular weight excluding hydrogens is 244 g/mol. The van der Waals surface area contributed by atoms with E-state index in [9.17, 15) is 9.59 Å². The Balaban J connectivity index is 3.16. The van der Waals surface area contributed by atoms with Crippen LogP contribution in [0.25, 0.3) is 0 Å². The molecule has 0 bridgehead atoms. The molecule has 0 aliphatic carbocycles. The first-order chi connectivity index (χ1) is 8.62. The molecule has 0 aliphatic heterocycles. The summed E-state index contributed by atoms with van der Waals surface area (Å²) in [6.45, 7) is 8.71. The molecule has 0 aliphatic rings. The molecule has 0 saturated heterocycles. The first kappa shape index (κ1) is 15.1. The molecule has 1 N–H and O–H groups in total. The van der Waals surface area contributed by atoms with Crippen LogP contribution >= 0.6 is 0 Å². The van der Waals surface area contributed by atoms with Gasteiger partial charge in [0.25, 0.3) is 5.91 Å². The molecule has 0 radical (unpaired) electrons. The van der Waals surface area contributed by atoms with Gasteiger partial charge in [0.15, 0.2) is 0 Å². The van der Waals surface area contributed by atoms with Gasteiger partial charge in [0.05, 0.1) is 11.3 Å². The summed E-state index contributed by atoms with van der Waals surface area (Å²) in [5.74, 6) is -1.33. The SMILES string of the molecule is Cc1ccc(C(=O)N(CC(=O)O)C(C)(C)C)c(C)n1. The molecule has 0 unspecified atom stereocenters. The van der Waals surface area contributed by atoms with Crippen LogP contribution in [0, 0.1) is 13.8 Å². The Hall–Kier alpha value is -1.91. The molecule has 0 fully saturated rings. The van der Waals surface area contributed by atoms with E-state index in [1.54, 1.807) is 19.1 Å². The molecule has 1 amide bonds. The zero-order chi connectivity index (χ0) is 14.8. The number of carboxylic acid groups (broad SMARTS) is 1. The fraction of sp³-hybridized carbons (Fsp3) is 0.500. The Kier molecular flexibility index (Phi) is 4.29. The number of aryl methyl sites for hydroxylation is 2. The smallest absolute Gasteiger partial charge is 0.323 e. The Morgan fingerprint density at radius 1 is 1.26 bits per heavy atom. The molecule has 0 saturated carbocycles. The fourth-order valence-corrected chi connectivity index (χ4v) is 1.81. The van der Waals surface area contributed by atoms with Gasteiger partial charge in [-0.3, -0.25) is 14.6 Å². The number of carbonyl (C=O) groups excluding carboxylic acids is 1. The second-order valence-electron chi connectivity index (χ2n) is 5.54. The molecule has 5 heteroatoms. The maximum absolute atomic E-state index is 12.5. The number of carbonyl (C=O) groups is 2. The number of amides is 1. The number of aromatic nitrogens is 1. The molecule has 19 heavy (non-hydrogen) atoms. The van der Waals surface area contributed by atoms with E-state index in [0.717, 1.165) is 5.69 Å². The van der Waals surface area contributed by atoms with Crippen LogP contribution in [0.2, 0.25) is 0 Å². The van der Waals surface area contributed by atoms with E-state index >= 15 is 0 Å². The van der Waals surface area contributed by atoms with Gasteiger partial charge in [-0.2, -0.15) is 0 Å². The van der Waals surface area contributed by atoms with Crippen LogP contribution in [0.3, 0.4) is 0 Å². The van der Waals surface area contributed by atoms with Crippen LogP contribution < -0.4 is 0 Å². The summed E-state index contributed by atoms with van der Waals surface area (Å²) in [6, 6.07) is 3.45. The first-order valence-electron chi connectivity index (χ1n) is 6.11. The molecule has 0 atom stereocenters. The summed E-state index contributed by atoms with van der Waals surface area (Å²) in [5, 5.41) is 8.95. The van der Waals surface area contributed by atoms with Crippen molar-refractivity contribution in [1.82, 2.24) is 9.88 Å². The van der Waals surface area contributed by atoms with E-state index in [4.69, 9.17) is 5.11 Å². The van der Waals surface area contributed by atoms with Crippen molar-refractivity contribution in [3.63, 3.8) is 0 Å². The van der Waals surface area contributed by atoms with Gasteiger partial charge in [0.1, 0.15) is 6.54 Å². The highest BCUT2D eigenvalue weighted by atomic mass is 16.4. The van der Waals surface area contributed by atoms with Crippen LogP contribution in [0.4, 0.5) is 0 Å². The number of rotatable bonds is 3. The van der Waals surface area contributed by atoms with Crippen molar-refractivity contribution < 1.29 is 14.7 Å². The summed E-state index contributed by atoms with van der Waals surface area (Å²) in [6.07, 6.45) is 0. The van der Waals surface area contributed by atoms with Gasteiger partial charge in [0.2, 0.25) is 0 Å². The maximum Gasteiger partial charge on any atom is 0.323 e. The molecule has 0 aromatic carbocycles. The van der Waals surface area contributed by atoms with Crippen LogP contribution in [-0.4, -0.2) is 39.0 Å². The second kappa shape index (κ2) is 5.38. The third-order valence-corrected chi connectivity index (χ3v) is 2.80. The van der Waals surface area contributed by atoms with Crippen molar-refractivity contribution in [2.24, 2.45) is 0 Å². The molecule has 1 heterocycles. The molecule has 0 spiro atoms. The van der Waals surface area contributed by atoms with Gasteiger partial charge in [0, 0.05) is 11.2 Å². The molecule has 104 valence electrons. The topological polar surface area (TPSA) is 70.5 Å². The van der Waals surface area contributed by atoms with Gasteiger partial charge in [-0.1, -0.05) is 0 Å². The van der Waals surface area contributed by atoms with E-state index < -0.39 is 11.5 Å². The van der Waals surface area contributed by atoms with E-state index in [2.05, 4.69) is 4.98 Å². The Morgan fingerprint density at radius 2 is 1.84 bits per heavy atom. The average molecular weight is 264 g/mol. The Morgan fingerprint density at radius 3 is 2.26 bits per heavy atom. The van der Waals surface area contributed by atoms with Crippen molar-refractivity contribution in [1.29, 1.82) is 0 Å². The van der Waals surface area contributed by atoms with Gasteiger partial charge < -0.3 is 10.0 Å². The van der Waals surface area contributed by atoms with E-state index in [-0.39, 0.29) is 12.5 Å². The minimum atomic E-state index is -1.03. The quantitative estimate of drug-likeness (QED) is 0.906. The van der Waals surface area contributed by atoms with Gasteiger partial charge in [-0.15, -0.1) is 0 Å². The standard InChI is InChI=1S/C14H20N2O3/c1-9-6-7-11(10(2)15-9)13(19)16(8-12(17)18)14(3,4)5/h6-7H,8H2,1-5H3,(H,17,18). The largest absolute Gasteiger partial charge is 0.480 e. The molecule has 1 aromatic rings. The predicted octanol–water partition coefficient (Wildman–Crippen LogP) is 2.02. The number of hydrogen-bond donors (Lipinski definition) is 1. The van der Waals surface area contributed by atoms with Gasteiger partial charge in [-0.05, 0) is 46.8 Å². The highest BCUT2D eigenvalue weighted by Crippen LogP contribution is 2.18. The van der Waals surface area contributed by atoms with Crippen LogP contribution in [0.5, 0.6) is 0 Å². The predicted molar refractivity (Wildman–Crippen MR) is 72.1 cm³/mol. The van der Waals surface area contributed by atoms with E-state index in [1.165, 1.54) is 4.90 Å². The number of hydrogen-bond acceptors (Lipinski definition) is 3. The van der Waals surface area contributed by atoms with Crippen molar-refractivity contribution >= 4 is 11.9 Å². The number of aliphatic carboxylic acids is 1. The minimum absolute atomic E-state index is 0.306. The monoisotopic (exact) mass is 264 g/mol. The summed E-state index contributed by atoms with van der Waals surface area (Å²) in [5.41, 5.74) is 1.33. The lowest BCUT2D eigenvalue weighted by Gasteiger charge is -2.34. The first-order valence-corrected chi connectivity index (χ1v) is 6.11. The van der Waals surface area contributed by atoms with Crippen molar-refractivity contribution in [2.75, 3.05) is 6.54 Å². The van der Waals surface area contributed by atoms with Crippen molar-refractivity contribution in [3.8, 4) is 0 Å². The van der Waals surface area contributed by atoms with Crippen LogP contribution in [0.1, 0.15) is 42.5 Å². The summed E-state index contributed by atoms with van der Waals surface area (Å²) < 4.78 is 0. The lowest BCUT2D eigenvalue weighted by molar-refractivity contribution is -0.138. The summed E-state index contributed by atoms with van der Waals surface area (Å²) in [4.78, 5) is 29.0. The van der Waals surface area contributed by atoms with E-state index in [0.29, 0.717) is 11.3 Å². The van der Waals surface area contributed by atoms with Crippen molar-refractivity contribution in [3.05, 3.63) is 29.1 Å². The fourth-order valence-electron chi connectivity index (χ4n) is 1.81. The second-order valence-corrected chi connectivity index (χ2v) is 5.54. The molecular formula is C14H20N2O3. The van der Waals surface area contributed by atoms with E-state index in [1.807, 2.05) is 27.7 Å². The summed E-state index contributed by atoms with van der Waals surface area (Å²) in [7, 11) is 0. The van der Waals surface area contributed by atoms with Crippen LogP contribution in [-0.2, 0) is 4.79 Å². The molecule has 1 rings (SSSR count). The number of carboxylic acids is 1. The number of pyridine rings is 1. The third-order valence-electron chi connectivity index (χ3n) is 2.80. The Labute approximate surface area is 113 Å². The Bertz CT molecular complexity index is 504. The lowest BCUT2D eigenvalue weighted by Crippen LogP contribution is -2.48. The molecule has 1 aromatic heterocycles. The minimum Gasteiger partial charge on any atom is -0.480 e. The lowest BCUT2D eigenvalue weighted by atomic mass is 10.0. The third kappa shape index (κ3) is 3.77. The zero-order valence-electron chi connectivity index (χ0n) is 12.0.